The van der Waals surface area contributed by atoms with E-state index in [0.717, 1.165) is 6.61 Å². The molecule has 1 aliphatic heterocycles. The van der Waals surface area contributed by atoms with Crippen LogP contribution in [0.25, 0.3) is 0 Å². The highest BCUT2D eigenvalue weighted by molar-refractivity contribution is 6.13. The predicted octanol–water partition coefficient (Wildman–Crippen LogP) is -2.69. The third-order valence-electron chi connectivity index (χ3n) is 2.20. The Labute approximate surface area is 158 Å². The van der Waals surface area contributed by atoms with Gasteiger partial charge >= 0.3 is 12.3 Å². The largest absolute Gasteiger partial charge is 1.00 e. The number of hydrogen-bond donors (Lipinski definition) is 3. The minimum atomic E-state index is 0. The third-order valence-corrected chi connectivity index (χ3v) is 2.57. The van der Waals surface area contributed by atoms with Crippen molar-refractivity contribution in [2.45, 2.75) is 52.9 Å². The summed E-state index contributed by atoms with van der Waals surface area (Å²) >= 11 is 5.04. The molecule has 1 heterocycles. The van der Waals surface area contributed by atoms with Crippen LogP contribution in [-0.4, -0.2) is 48.9 Å². The number of carbonyl (C=O) groups excluding carboxylic acids is 4. The van der Waals surface area contributed by atoms with Crippen molar-refractivity contribution in [1.29, 1.82) is 0 Å². The molecule has 1 rings (SSSR count). The quantitative estimate of drug-likeness (QED) is 0.297. The summed E-state index contributed by atoms with van der Waals surface area (Å²) in [5.74, 6) is 0. The second-order valence-corrected chi connectivity index (χ2v) is 5.72. The molecule has 0 saturated carbocycles. The van der Waals surface area contributed by atoms with Gasteiger partial charge in [0, 0.05) is 17.5 Å². The van der Waals surface area contributed by atoms with E-state index in [1.165, 1.54) is 0 Å². The summed E-state index contributed by atoms with van der Waals surface area (Å²) in [7, 11) is 0. The van der Waals surface area contributed by atoms with Gasteiger partial charge in [0.1, 0.15) is 6.23 Å². The number of ether oxygens (including phenoxy) is 1. The van der Waals surface area contributed by atoms with E-state index in [1.807, 2.05) is 0 Å². The summed E-state index contributed by atoms with van der Waals surface area (Å²) in [5.41, 5.74) is 0.227. The van der Waals surface area contributed by atoms with Gasteiger partial charge in [0.15, 0.2) is 0 Å². The van der Waals surface area contributed by atoms with Crippen LogP contribution in [0.1, 0.15) is 34.6 Å². The summed E-state index contributed by atoms with van der Waals surface area (Å²) in [5, 5.41) is 11.6. The van der Waals surface area contributed by atoms with Gasteiger partial charge in [-0.05, 0) is 25.6 Å². The Morgan fingerprint density at radius 1 is 1.30 bits per heavy atom. The molecule has 8 nitrogen and oxygen atoms in total. The summed E-state index contributed by atoms with van der Waals surface area (Å²) in [6.07, 6.45) is 0.738. The van der Waals surface area contributed by atoms with Crippen LogP contribution in [0, 0.1) is 5.41 Å². The maximum atomic E-state index is 8.19. The normalized spacial score (nSPS) is 19.6. The maximum absolute atomic E-state index is 8.19. The fourth-order valence-corrected chi connectivity index (χ4v) is 1.20. The molecule has 0 radical (unpaired) electrons. The molecule has 1 unspecified atom stereocenters. The average molecular weight is 468 g/mol. The lowest BCUT2D eigenvalue weighted by Gasteiger charge is -2.25. The Bertz CT molecular complexity index is 313. The van der Waals surface area contributed by atoms with Crippen molar-refractivity contribution in [3.05, 3.63) is 0 Å². The van der Waals surface area contributed by atoms with E-state index in [1.54, 1.807) is 6.92 Å². The Kier molecular flexibility index (Phi) is 26.1. The summed E-state index contributed by atoms with van der Waals surface area (Å²) < 4.78 is 5.52. The fourth-order valence-electron chi connectivity index (χ4n) is 1.13. The molecule has 0 aromatic carbocycles. The van der Waals surface area contributed by atoms with Gasteiger partial charge in [-0.1, -0.05) is 20.8 Å². The van der Waals surface area contributed by atoms with Crippen LogP contribution >= 0.6 is 11.8 Å². The Morgan fingerprint density at radius 3 is 1.78 bits per heavy atom. The van der Waals surface area contributed by atoms with E-state index < -0.39 is 0 Å². The molecule has 1 aliphatic rings. The van der Waals surface area contributed by atoms with E-state index in [2.05, 4.69) is 37.8 Å². The lowest BCUT2D eigenvalue weighted by molar-refractivity contribution is -0.193. The smallest absolute Gasteiger partial charge is 0.373 e. The zero-order chi connectivity index (χ0) is 18.2. The molecule has 0 aliphatic carbocycles. The molecule has 23 heavy (non-hydrogen) atoms. The van der Waals surface area contributed by atoms with Crippen LogP contribution in [0.2, 0.25) is 0 Å². The van der Waals surface area contributed by atoms with Gasteiger partial charge in [0.2, 0.25) is 0 Å². The zero-order valence-corrected chi connectivity index (χ0v) is 16.8. The van der Waals surface area contributed by atoms with Crippen LogP contribution < -0.4 is 34.1 Å². The number of halogens is 2. The highest BCUT2D eigenvalue weighted by Gasteiger charge is 2.31. The Hall–Kier alpha value is -0.380. The molecule has 10 heteroatoms. The second-order valence-electron chi connectivity index (χ2n) is 5.51. The average Bonchev–Trinajstić information content (AvgIpc) is 2.87. The molecule has 0 amide bonds. The van der Waals surface area contributed by atoms with Crippen molar-refractivity contribution in [2.75, 3.05) is 13.2 Å². The van der Waals surface area contributed by atoms with E-state index in [9.17, 15) is 0 Å². The molecule has 0 bridgehead atoms. The van der Waals surface area contributed by atoms with Gasteiger partial charge in [0.25, 0.3) is 0 Å². The number of nitrogens with one attached hydrogen (secondary N) is 2. The molecule has 138 valence electrons. The monoisotopic (exact) mass is 467 g/mol. The first kappa shape index (κ1) is 30.5. The third kappa shape index (κ3) is 24.0. The van der Waals surface area contributed by atoms with Crippen LogP contribution in [0.15, 0.2) is 0 Å². The van der Waals surface area contributed by atoms with Crippen LogP contribution in [0.5, 0.6) is 0 Å². The van der Waals surface area contributed by atoms with Gasteiger partial charge in [-0.15, -0.1) is 0 Å². The lowest BCUT2D eigenvalue weighted by Crippen LogP contribution is -3.00. The SMILES string of the molecule is C[C@@H](CO)NCl.C[C@H]1COC(C(C)(C)C)N1.O=C=O.O=C=O.[I-]. The summed E-state index contributed by atoms with van der Waals surface area (Å²) in [6, 6.07) is 0.524. The van der Waals surface area contributed by atoms with E-state index >= 15 is 0 Å². The van der Waals surface area contributed by atoms with Gasteiger partial charge in [-0.3, -0.25) is 5.32 Å². The van der Waals surface area contributed by atoms with E-state index in [4.69, 9.17) is 40.8 Å². The fraction of sp³-hybridized carbons (Fsp3) is 0.846. The minimum absolute atomic E-state index is 0. The molecule has 1 saturated heterocycles. The van der Waals surface area contributed by atoms with Crippen LogP contribution in [0.3, 0.4) is 0 Å². The molecule has 0 spiro atoms. The number of hydrogen-bond acceptors (Lipinski definition) is 8. The molecule has 3 atom stereocenters. The van der Waals surface area contributed by atoms with Crippen molar-refractivity contribution in [3.8, 4) is 0 Å². The highest BCUT2D eigenvalue weighted by Crippen LogP contribution is 2.23. The van der Waals surface area contributed by atoms with Crippen molar-refractivity contribution in [3.63, 3.8) is 0 Å². The molecule has 1 fully saturated rings. The minimum Gasteiger partial charge on any atom is -1.00 e. The molecule has 0 aromatic rings. The highest BCUT2D eigenvalue weighted by atomic mass is 127. The van der Waals surface area contributed by atoms with Crippen LogP contribution in [0.4, 0.5) is 0 Å². The van der Waals surface area contributed by atoms with Crippen molar-refractivity contribution >= 4 is 24.1 Å². The predicted molar refractivity (Wildman–Crippen MR) is 77.3 cm³/mol. The number of aliphatic hydroxyl groups is 1. The first-order valence-corrected chi connectivity index (χ1v) is 6.85. The molecule has 0 aromatic heterocycles. The van der Waals surface area contributed by atoms with Crippen molar-refractivity contribution < 1.29 is 53.0 Å². The first-order valence-electron chi connectivity index (χ1n) is 6.47. The Morgan fingerprint density at radius 2 is 1.70 bits per heavy atom. The van der Waals surface area contributed by atoms with Gasteiger partial charge in [-0.25, -0.2) is 4.84 Å². The van der Waals surface area contributed by atoms with Crippen LogP contribution in [-0.2, 0) is 23.9 Å². The Balaban J connectivity index is -0.000000120. The number of aliphatic hydroxyl groups excluding tert-OH is 1. The standard InChI is InChI=1S/C8H17NO.C3H8ClNO.2CO2.HI/c1-6-5-10-7(9-6)8(2,3)4;1-3(2-6)5-4;2*2-1-3;/h6-7,9H,5H2,1-4H3;3,5-6H,2H2,1H3;;;1H/p-1/t6-,7?;3-;;;/m00.../s1. The van der Waals surface area contributed by atoms with E-state index in [0.29, 0.717) is 6.04 Å². The topological polar surface area (TPSA) is 122 Å². The molecular weight excluding hydrogens is 443 g/mol. The van der Waals surface area contributed by atoms with E-state index in [-0.39, 0.29) is 60.6 Å². The van der Waals surface area contributed by atoms with Gasteiger partial charge in [-0.2, -0.15) is 19.2 Å². The lowest BCUT2D eigenvalue weighted by atomic mass is 9.94. The molecule has 3 N–H and O–H groups in total. The first-order chi connectivity index (χ1) is 10.1. The van der Waals surface area contributed by atoms with Crippen molar-refractivity contribution in [1.82, 2.24) is 10.2 Å². The summed E-state index contributed by atoms with van der Waals surface area (Å²) in [4.78, 5) is 34.8. The maximum Gasteiger partial charge on any atom is 0.373 e. The van der Waals surface area contributed by atoms with Crippen molar-refractivity contribution in [2.24, 2.45) is 5.41 Å². The summed E-state index contributed by atoms with van der Waals surface area (Å²) in [6.45, 7) is 11.4. The second kappa shape index (κ2) is 19.7. The molecular formula is C13H25ClIN2O6-. The number of rotatable bonds is 2. The zero-order valence-electron chi connectivity index (χ0n) is 13.9. The van der Waals surface area contributed by atoms with Gasteiger partial charge in [0.05, 0.1) is 13.2 Å². The van der Waals surface area contributed by atoms with Gasteiger partial charge < -0.3 is 33.8 Å².